The average Bonchev–Trinajstić information content (AvgIpc) is 2.46. The van der Waals surface area contributed by atoms with Gasteiger partial charge in [-0.25, -0.2) is 0 Å². The first-order chi connectivity index (χ1) is 9.72. The third-order valence-corrected chi connectivity index (χ3v) is 3.85. The molecule has 2 rings (SSSR count). The quantitative estimate of drug-likeness (QED) is 0.809. The Morgan fingerprint density at radius 3 is 2.55 bits per heavy atom. The lowest BCUT2D eigenvalue weighted by Crippen LogP contribution is -2.06. The van der Waals surface area contributed by atoms with Crippen molar-refractivity contribution in [1.29, 1.82) is 0 Å². The number of benzene rings is 1. The highest BCUT2D eigenvalue weighted by Gasteiger charge is 2.12. The lowest BCUT2D eigenvalue weighted by atomic mass is 10.0. The van der Waals surface area contributed by atoms with Crippen molar-refractivity contribution in [2.24, 2.45) is 0 Å². The summed E-state index contributed by atoms with van der Waals surface area (Å²) in [7, 11) is 0. The highest BCUT2D eigenvalue weighted by Crippen LogP contribution is 2.30. The van der Waals surface area contributed by atoms with Crippen LogP contribution in [-0.4, -0.2) is 11.5 Å². The molecule has 2 aromatic rings. The van der Waals surface area contributed by atoms with E-state index in [1.54, 1.807) is 0 Å². The first-order valence-electron chi connectivity index (χ1n) is 7.87. The van der Waals surface area contributed by atoms with Gasteiger partial charge in [-0.15, -0.1) is 0 Å². The molecular weight excluding hydrogens is 244 g/mol. The van der Waals surface area contributed by atoms with Crippen molar-refractivity contribution in [2.75, 3.05) is 11.9 Å². The highest BCUT2D eigenvalue weighted by atomic mass is 14.9. The number of nitrogens with zero attached hydrogens (tertiary/aromatic N) is 1. The normalized spacial score (nSPS) is 11.0. The molecule has 0 saturated heterocycles. The molecule has 1 aromatic heterocycles. The molecule has 0 atom stereocenters. The fourth-order valence-electron chi connectivity index (χ4n) is 2.78. The first-order valence-corrected chi connectivity index (χ1v) is 7.87. The number of para-hydroxylation sites is 1. The number of hydrogen-bond donors (Lipinski definition) is 1. The highest BCUT2D eigenvalue weighted by molar-refractivity contribution is 5.95. The van der Waals surface area contributed by atoms with Gasteiger partial charge in [0.15, 0.2) is 0 Å². The van der Waals surface area contributed by atoms with E-state index < -0.39 is 0 Å². The summed E-state index contributed by atoms with van der Waals surface area (Å²) in [5.74, 6) is 0. The van der Waals surface area contributed by atoms with Crippen molar-refractivity contribution in [1.82, 2.24) is 4.98 Å². The molecule has 0 unspecified atom stereocenters. The second kappa shape index (κ2) is 6.74. The number of aryl methyl sites for hydroxylation is 2. The van der Waals surface area contributed by atoms with E-state index in [4.69, 9.17) is 4.98 Å². The van der Waals surface area contributed by atoms with Crippen LogP contribution in [-0.2, 0) is 12.8 Å². The Morgan fingerprint density at radius 2 is 1.90 bits per heavy atom. The summed E-state index contributed by atoms with van der Waals surface area (Å²) in [6, 6.07) is 6.58. The van der Waals surface area contributed by atoms with Crippen LogP contribution in [0, 0.1) is 6.92 Å². The van der Waals surface area contributed by atoms with Crippen LogP contribution in [0.25, 0.3) is 10.9 Å². The summed E-state index contributed by atoms with van der Waals surface area (Å²) in [4.78, 5) is 4.94. The first kappa shape index (κ1) is 14.8. The second-order valence-electron chi connectivity index (χ2n) is 5.40. The van der Waals surface area contributed by atoms with E-state index in [9.17, 15) is 0 Å². The molecule has 0 amide bonds. The number of anilines is 1. The van der Waals surface area contributed by atoms with Crippen molar-refractivity contribution >= 4 is 16.6 Å². The Kier molecular flexibility index (Phi) is 4.99. The van der Waals surface area contributed by atoms with Gasteiger partial charge in [0, 0.05) is 23.3 Å². The van der Waals surface area contributed by atoms with Crippen molar-refractivity contribution < 1.29 is 0 Å². The molecule has 0 aliphatic heterocycles. The fraction of sp³-hybridized carbons (Fsp3) is 0.500. The molecular formula is C18H26N2. The lowest BCUT2D eigenvalue weighted by molar-refractivity contribution is 0.921. The maximum absolute atomic E-state index is 4.94. The van der Waals surface area contributed by atoms with Gasteiger partial charge >= 0.3 is 0 Å². The Bertz CT molecular complexity index is 587. The number of pyridine rings is 1. The van der Waals surface area contributed by atoms with Gasteiger partial charge in [-0.05, 0) is 37.3 Å². The van der Waals surface area contributed by atoms with Crippen molar-refractivity contribution in [3.8, 4) is 0 Å². The van der Waals surface area contributed by atoms with Crippen LogP contribution in [0.1, 0.15) is 50.4 Å². The standard InChI is InChI=1S/C18H26N2/c1-5-9-14-10-8-11-15-17(19-12-6-2)13(4)16(7-3)20-18(14)15/h8,10-11H,5-7,9,12H2,1-4H3,(H,19,20). The molecule has 20 heavy (non-hydrogen) atoms. The molecule has 1 N–H and O–H groups in total. The molecule has 2 heteroatoms. The predicted octanol–water partition coefficient (Wildman–Crippen LogP) is 4.88. The Hall–Kier alpha value is -1.57. The molecule has 0 fully saturated rings. The smallest absolute Gasteiger partial charge is 0.0758 e. The van der Waals surface area contributed by atoms with Gasteiger partial charge in [0.1, 0.15) is 0 Å². The largest absolute Gasteiger partial charge is 0.384 e. The van der Waals surface area contributed by atoms with Gasteiger partial charge < -0.3 is 5.32 Å². The minimum absolute atomic E-state index is 0.989. The monoisotopic (exact) mass is 270 g/mol. The lowest BCUT2D eigenvalue weighted by Gasteiger charge is -2.17. The maximum atomic E-state index is 4.94. The number of fused-ring (bicyclic) bond motifs is 1. The van der Waals surface area contributed by atoms with Crippen molar-refractivity contribution in [3.05, 3.63) is 35.0 Å². The van der Waals surface area contributed by atoms with Gasteiger partial charge in [0.05, 0.1) is 5.52 Å². The molecule has 108 valence electrons. The number of rotatable bonds is 6. The minimum Gasteiger partial charge on any atom is -0.384 e. The summed E-state index contributed by atoms with van der Waals surface area (Å²) in [6.07, 6.45) is 4.39. The van der Waals surface area contributed by atoms with Crippen LogP contribution in [0.3, 0.4) is 0 Å². The zero-order chi connectivity index (χ0) is 14.5. The summed E-state index contributed by atoms with van der Waals surface area (Å²) in [6.45, 7) is 9.82. The SMILES string of the molecule is CCCNc1c(C)c(CC)nc2c(CCC)cccc12. The molecule has 0 saturated carbocycles. The number of aromatic nitrogens is 1. The van der Waals surface area contributed by atoms with Crippen LogP contribution in [0.2, 0.25) is 0 Å². The molecule has 0 spiro atoms. The van der Waals surface area contributed by atoms with Crippen molar-refractivity contribution in [3.63, 3.8) is 0 Å². The third kappa shape index (κ3) is 2.79. The van der Waals surface area contributed by atoms with E-state index in [1.165, 1.54) is 33.4 Å². The molecule has 0 bridgehead atoms. The Morgan fingerprint density at radius 1 is 1.10 bits per heavy atom. The van der Waals surface area contributed by atoms with Gasteiger partial charge in [0.25, 0.3) is 0 Å². The van der Waals surface area contributed by atoms with Gasteiger partial charge in [-0.1, -0.05) is 45.4 Å². The molecule has 1 heterocycles. The fourth-order valence-corrected chi connectivity index (χ4v) is 2.78. The maximum Gasteiger partial charge on any atom is 0.0758 e. The van der Waals surface area contributed by atoms with Gasteiger partial charge in [-0.2, -0.15) is 0 Å². The average molecular weight is 270 g/mol. The molecule has 0 aliphatic carbocycles. The number of nitrogens with one attached hydrogen (secondary N) is 1. The van der Waals surface area contributed by atoms with E-state index in [2.05, 4.69) is 51.2 Å². The van der Waals surface area contributed by atoms with E-state index in [0.29, 0.717) is 0 Å². The predicted molar refractivity (Wildman–Crippen MR) is 88.6 cm³/mol. The molecule has 1 aromatic carbocycles. The van der Waals surface area contributed by atoms with E-state index >= 15 is 0 Å². The summed E-state index contributed by atoms with van der Waals surface area (Å²) in [5.41, 5.74) is 6.38. The molecule has 2 nitrogen and oxygen atoms in total. The zero-order valence-electron chi connectivity index (χ0n) is 13.2. The van der Waals surface area contributed by atoms with E-state index in [1.807, 2.05) is 0 Å². The van der Waals surface area contributed by atoms with Gasteiger partial charge in [-0.3, -0.25) is 4.98 Å². The number of hydrogen-bond acceptors (Lipinski definition) is 2. The summed E-state index contributed by atoms with van der Waals surface area (Å²) < 4.78 is 0. The summed E-state index contributed by atoms with van der Waals surface area (Å²) in [5, 5.41) is 4.89. The minimum atomic E-state index is 0.989. The molecule has 0 radical (unpaired) electrons. The van der Waals surface area contributed by atoms with E-state index in [0.717, 1.165) is 32.2 Å². The van der Waals surface area contributed by atoms with E-state index in [-0.39, 0.29) is 0 Å². The molecule has 0 aliphatic rings. The zero-order valence-corrected chi connectivity index (χ0v) is 13.2. The summed E-state index contributed by atoms with van der Waals surface area (Å²) >= 11 is 0. The van der Waals surface area contributed by atoms with Crippen LogP contribution in [0.15, 0.2) is 18.2 Å². The van der Waals surface area contributed by atoms with Gasteiger partial charge in [0.2, 0.25) is 0 Å². The topological polar surface area (TPSA) is 24.9 Å². The Labute approximate surface area is 122 Å². The van der Waals surface area contributed by atoms with Crippen molar-refractivity contribution in [2.45, 2.75) is 53.4 Å². The van der Waals surface area contributed by atoms with Crippen LogP contribution in [0.5, 0.6) is 0 Å². The second-order valence-corrected chi connectivity index (χ2v) is 5.40. The third-order valence-electron chi connectivity index (χ3n) is 3.85. The Balaban J connectivity index is 2.67. The van der Waals surface area contributed by atoms with Crippen LogP contribution in [0.4, 0.5) is 5.69 Å². The van der Waals surface area contributed by atoms with Crippen LogP contribution >= 0.6 is 0 Å². The van der Waals surface area contributed by atoms with Crippen LogP contribution < -0.4 is 5.32 Å².